The maximum absolute atomic E-state index is 4.57. The third-order valence-corrected chi connectivity index (χ3v) is 4.51. The molecule has 1 aliphatic rings. The smallest absolute Gasteiger partial charge is 0.158 e. The summed E-state index contributed by atoms with van der Waals surface area (Å²) in [5.74, 6) is 0.983. The maximum atomic E-state index is 4.57. The first-order chi connectivity index (χ1) is 10.3. The van der Waals surface area contributed by atoms with Gasteiger partial charge in [-0.15, -0.1) is 0 Å². The van der Waals surface area contributed by atoms with Crippen molar-refractivity contribution in [1.29, 1.82) is 0 Å². The van der Waals surface area contributed by atoms with Crippen LogP contribution in [0.5, 0.6) is 0 Å². The summed E-state index contributed by atoms with van der Waals surface area (Å²) in [5.41, 5.74) is 2.24. The van der Waals surface area contributed by atoms with Crippen molar-refractivity contribution in [3.63, 3.8) is 0 Å². The number of pyridine rings is 1. The van der Waals surface area contributed by atoms with Crippen molar-refractivity contribution in [2.24, 2.45) is 0 Å². The predicted octanol–water partition coefficient (Wildman–Crippen LogP) is 2.99. The molecular weight excluding hydrogens is 260 g/mol. The molecule has 0 aromatic carbocycles. The second kappa shape index (κ2) is 6.39. The Morgan fingerprint density at radius 2 is 2.14 bits per heavy atom. The van der Waals surface area contributed by atoms with Crippen LogP contribution in [0.4, 0.5) is 0 Å². The van der Waals surface area contributed by atoms with Gasteiger partial charge in [0, 0.05) is 31.2 Å². The first-order valence-electron chi connectivity index (χ1n) is 7.94. The van der Waals surface area contributed by atoms with Gasteiger partial charge in [-0.3, -0.25) is 4.98 Å². The van der Waals surface area contributed by atoms with E-state index in [-0.39, 0.29) is 0 Å². The van der Waals surface area contributed by atoms with Crippen molar-refractivity contribution < 1.29 is 0 Å². The molecule has 0 bridgehead atoms. The fraction of sp³-hybridized carbons (Fsp3) is 0.529. The molecule has 1 saturated heterocycles. The molecule has 2 aromatic rings. The zero-order valence-electron chi connectivity index (χ0n) is 13.0. The molecule has 4 nitrogen and oxygen atoms in total. The van der Waals surface area contributed by atoms with Gasteiger partial charge in [-0.1, -0.05) is 19.4 Å². The van der Waals surface area contributed by atoms with Gasteiger partial charge in [0.05, 0.1) is 0 Å². The fourth-order valence-corrected chi connectivity index (χ4v) is 3.06. The minimum absolute atomic E-state index is 0.613. The fourth-order valence-electron chi connectivity index (χ4n) is 3.06. The topological polar surface area (TPSA) is 34.0 Å². The summed E-state index contributed by atoms with van der Waals surface area (Å²) in [6.07, 6.45) is 10.9. The van der Waals surface area contributed by atoms with Crippen LogP contribution < -0.4 is 0 Å². The van der Waals surface area contributed by atoms with Crippen LogP contribution in [0.25, 0.3) is 11.5 Å². The molecule has 0 unspecified atom stereocenters. The Bertz CT molecular complexity index is 573. The molecular formula is C17H24N4. The van der Waals surface area contributed by atoms with Crippen molar-refractivity contribution in [3.05, 3.63) is 36.3 Å². The van der Waals surface area contributed by atoms with Crippen molar-refractivity contribution >= 4 is 0 Å². The van der Waals surface area contributed by atoms with Crippen molar-refractivity contribution in [2.75, 3.05) is 13.6 Å². The van der Waals surface area contributed by atoms with Crippen LogP contribution in [0.3, 0.4) is 0 Å². The lowest BCUT2D eigenvalue weighted by Gasteiger charge is -2.32. The number of likely N-dealkylation sites (N-methyl/N-ethyl adjacent to an activating group) is 1. The van der Waals surface area contributed by atoms with Gasteiger partial charge >= 0.3 is 0 Å². The number of likely N-dealkylation sites (tertiary alicyclic amines) is 1. The van der Waals surface area contributed by atoms with Crippen LogP contribution in [0, 0.1) is 0 Å². The molecule has 112 valence electrons. The molecule has 0 aliphatic carbocycles. The van der Waals surface area contributed by atoms with E-state index in [0.717, 1.165) is 24.5 Å². The summed E-state index contributed by atoms with van der Waals surface area (Å²) in [5, 5.41) is 0. The van der Waals surface area contributed by atoms with E-state index in [4.69, 9.17) is 0 Å². The lowest BCUT2D eigenvalue weighted by Crippen LogP contribution is -2.39. The number of rotatable bonds is 4. The first kappa shape index (κ1) is 14.3. The lowest BCUT2D eigenvalue weighted by molar-refractivity contribution is 0.168. The number of imidazole rings is 1. The standard InChI is InChI=1S/C17H24N4/c1-3-14-7-8-16(19-12-14)17-18-9-11-21(17)13-15-6-4-5-10-20(15)2/h7-9,11-12,15H,3-6,10,13H2,1-2H3/t15-/m0/s1. The van der Waals surface area contributed by atoms with E-state index in [9.17, 15) is 0 Å². The average molecular weight is 284 g/mol. The average Bonchev–Trinajstić information content (AvgIpc) is 2.98. The van der Waals surface area contributed by atoms with E-state index in [2.05, 4.69) is 51.7 Å². The van der Waals surface area contributed by atoms with Gasteiger partial charge in [0.15, 0.2) is 5.82 Å². The van der Waals surface area contributed by atoms with E-state index in [0.29, 0.717) is 6.04 Å². The highest BCUT2D eigenvalue weighted by Gasteiger charge is 2.20. The minimum atomic E-state index is 0.613. The highest BCUT2D eigenvalue weighted by molar-refractivity contribution is 5.49. The van der Waals surface area contributed by atoms with Crippen LogP contribution in [0.2, 0.25) is 0 Å². The highest BCUT2D eigenvalue weighted by atomic mass is 15.2. The maximum Gasteiger partial charge on any atom is 0.158 e. The third-order valence-electron chi connectivity index (χ3n) is 4.51. The zero-order chi connectivity index (χ0) is 14.7. The van der Waals surface area contributed by atoms with Gasteiger partial charge in [-0.25, -0.2) is 4.98 Å². The molecule has 0 radical (unpaired) electrons. The molecule has 3 heterocycles. The van der Waals surface area contributed by atoms with Crippen LogP contribution in [0.15, 0.2) is 30.7 Å². The molecule has 0 spiro atoms. The summed E-state index contributed by atoms with van der Waals surface area (Å²) < 4.78 is 2.25. The summed E-state index contributed by atoms with van der Waals surface area (Å²) in [4.78, 5) is 11.6. The molecule has 0 saturated carbocycles. The van der Waals surface area contributed by atoms with E-state index < -0.39 is 0 Å². The van der Waals surface area contributed by atoms with Crippen molar-refractivity contribution in [3.8, 4) is 11.5 Å². The number of piperidine rings is 1. The predicted molar refractivity (Wildman–Crippen MR) is 85.1 cm³/mol. The number of hydrogen-bond donors (Lipinski definition) is 0. The van der Waals surface area contributed by atoms with Crippen LogP contribution in [-0.2, 0) is 13.0 Å². The number of aryl methyl sites for hydroxylation is 1. The van der Waals surface area contributed by atoms with Gasteiger partial charge < -0.3 is 9.47 Å². The van der Waals surface area contributed by atoms with E-state index >= 15 is 0 Å². The van der Waals surface area contributed by atoms with Crippen molar-refractivity contribution in [2.45, 2.75) is 45.2 Å². The second-order valence-electron chi connectivity index (χ2n) is 5.94. The van der Waals surface area contributed by atoms with Gasteiger partial charge in [0.25, 0.3) is 0 Å². The molecule has 0 N–H and O–H groups in total. The van der Waals surface area contributed by atoms with E-state index in [1.54, 1.807) is 0 Å². The Morgan fingerprint density at radius 3 is 2.86 bits per heavy atom. The molecule has 21 heavy (non-hydrogen) atoms. The van der Waals surface area contributed by atoms with Crippen molar-refractivity contribution in [1.82, 2.24) is 19.4 Å². The highest BCUT2D eigenvalue weighted by Crippen LogP contribution is 2.20. The van der Waals surface area contributed by atoms with Gasteiger partial charge in [-0.2, -0.15) is 0 Å². The summed E-state index contributed by atoms with van der Waals surface area (Å²) in [6.45, 7) is 4.36. The SMILES string of the molecule is CCc1ccc(-c2nccn2C[C@@H]2CCCCN2C)nc1. The monoisotopic (exact) mass is 284 g/mol. The third kappa shape index (κ3) is 3.16. The molecule has 3 rings (SSSR count). The summed E-state index contributed by atoms with van der Waals surface area (Å²) >= 11 is 0. The second-order valence-corrected chi connectivity index (χ2v) is 5.94. The Morgan fingerprint density at radius 1 is 1.24 bits per heavy atom. The normalized spacial score (nSPS) is 19.8. The molecule has 4 heteroatoms. The number of hydrogen-bond acceptors (Lipinski definition) is 3. The quantitative estimate of drug-likeness (QED) is 0.865. The molecule has 2 aromatic heterocycles. The number of nitrogens with zero attached hydrogens (tertiary/aromatic N) is 4. The van der Waals surface area contributed by atoms with Crippen LogP contribution in [0.1, 0.15) is 31.7 Å². The Kier molecular flexibility index (Phi) is 4.34. The summed E-state index contributed by atoms with van der Waals surface area (Å²) in [6, 6.07) is 4.85. The Labute approximate surface area is 126 Å². The lowest BCUT2D eigenvalue weighted by atomic mass is 10.0. The van der Waals surface area contributed by atoms with Gasteiger partial charge in [0.1, 0.15) is 5.69 Å². The largest absolute Gasteiger partial charge is 0.328 e. The Hall–Kier alpha value is -1.68. The molecule has 0 amide bonds. The molecule has 1 aliphatic heterocycles. The van der Waals surface area contributed by atoms with E-state index in [1.807, 2.05) is 12.4 Å². The molecule has 1 fully saturated rings. The molecule has 1 atom stereocenters. The van der Waals surface area contributed by atoms with Crippen LogP contribution in [-0.4, -0.2) is 39.1 Å². The number of aromatic nitrogens is 3. The Balaban J connectivity index is 1.79. The summed E-state index contributed by atoms with van der Waals surface area (Å²) in [7, 11) is 2.23. The van der Waals surface area contributed by atoms with Gasteiger partial charge in [-0.05, 0) is 44.5 Å². The zero-order valence-corrected chi connectivity index (χ0v) is 13.0. The van der Waals surface area contributed by atoms with E-state index in [1.165, 1.54) is 31.4 Å². The minimum Gasteiger partial charge on any atom is -0.328 e. The van der Waals surface area contributed by atoms with Gasteiger partial charge in [0.2, 0.25) is 0 Å². The van der Waals surface area contributed by atoms with Crippen LogP contribution >= 0.6 is 0 Å². The first-order valence-corrected chi connectivity index (χ1v) is 7.94.